The van der Waals surface area contributed by atoms with Gasteiger partial charge in [0.25, 0.3) is 0 Å². The van der Waals surface area contributed by atoms with E-state index in [1.54, 1.807) is 6.20 Å². The first-order valence-electron chi connectivity index (χ1n) is 7.13. The SMILES string of the molecule is C[C@H]1C[C@@H](C(=O)Nc2nc(-c3ccccn3)cs2)CCN1. The van der Waals surface area contributed by atoms with Gasteiger partial charge in [-0.1, -0.05) is 6.07 Å². The lowest BCUT2D eigenvalue weighted by Gasteiger charge is -2.26. The Hall–Kier alpha value is -1.79. The fourth-order valence-corrected chi connectivity index (χ4v) is 3.25. The van der Waals surface area contributed by atoms with Crippen molar-refractivity contribution in [1.82, 2.24) is 15.3 Å². The predicted molar refractivity (Wildman–Crippen MR) is 84.2 cm³/mol. The van der Waals surface area contributed by atoms with Gasteiger partial charge in [0.15, 0.2) is 5.13 Å². The highest BCUT2D eigenvalue weighted by molar-refractivity contribution is 7.14. The van der Waals surface area contributed by atoms with E-state index in [2.05, 4.69) is 27.5 Å². The standard InChI is InChI=1S/C15H18N4OS/c1-10-8-11(5-7-16-10)14(20)19-15-18-13(9-21-15)12-4-2-3-6-17-12/h2-4,6,9-11,16H,5,7-8H2,1H3,(H,18,19,20)/t10-,11-/m0/s1. The molecule has 1 fully saturated rings. The fourth-order valence-electron chi connectivity index (χ4n) is 2.54. The molecule has 6 heteroatoms. The zero-order chi connectivity index (χ0) is 14.7. The van der Waals surface area contributed by atoms with Crippen LogP contribution in [0.3, 0.4) is 0 Å². The average molecular weight is 302 g/mol. The molecule has 3 heterocycles. The van der Waals surface area contributed by atoms with Crippen LogP contribution < -0.4 is 10.6 Å². The molecule has 1 aliphatic heterocycles. The molecular weight excluding hydrogens is 284 g/mol. The first kappa shape index (κ1) is 14.2. The molecule has 1 amide bonds. The number of thiazole rings is 1. The van der Waals surface area contributed by atoms with Crippen LogP contribution in [-0.2, 0) is 4.79 Å². The minimum Gasteiger partial charge on any atom is -0.314 e. The van der Waals surface area contributed by atoms with Gasteiger partial charge in [0, 0.05) is 23.5 Å². The van der Waals surface area contributed by atoms with Crippen molar-refractivity contribution in [2.75, 3.05) is 11.9 Å². The first-order valence-corrected chi connectivity index (χ1v) is 8.01. The molecular formula is C15H18N4OS. The molecule has 0 radical (unpaired) electrons. The third-order valence-corrected chi connectivity index (χ3v) is 4.41. The van der Waals surface area contributed by atoms with Crippen molar-refractivity contribution >= 4 is 22.4 Å². The van der Waals surface area contributed by atoms with E-state index in [0.29, 0.717) is 11.2 Å². The molecule has 3 rings (SSSR count). The molecule has 21 heavy (non-hydrogen) atoms. The van der Waals surface area contributed by atoms with Crippen LogP contribution in [0, 0.1) is 5.92 Å². The van der Waals surface area contributed by atoms with E-state index in [-0.39, 0.29) is 11.8 Å². The van der Waals surface area contributed by atoms with Gasteiger partial charge in [-0.2, -0.15) is 0 Å². The highest BCUT2D eigenvalue weighted by atomic mass is 32.1. The van der Waals surface area contributed by atoms with Crippen LogP contribution in [0.2, 0.25) is 0 Å². The summed E-state index contributed by atoms with van der Waals surface area (Å²) in [6.07, 6.45) is 3.50. The van der Waals surface area contributed by atoms with Crippen LogP contribution in [0.25, 0.3) is 11.4 Å². The number of carbonyl (C=O) groups excluding carboxylic acids is 1. The molecule has 0 saturated carbocycles. The van der Waals surface area contributed by atoms with E-state index in [9.17, 15) is 4.79 Å². The number of nitrogens with one attached hydrogen (secondary N) is 2. The number of amides is 1. The van der Waals surface area contributed by atoms with Crippen molar-refractivity contribution in [2.24, 2.45) is 5.92 Å². The Kier molecular flexibility index (Phi) is 4.26. The van der Waals surface area contributed by atoms with E-state index < -0.39 is 0 Å². The Morgan fingerprint density at radius 2 is 2.33 bits per heavy atom. The monoisotopic (exact) mass is 302 g/mol. The van der Waals surface area contributed by atoms with Gasteiger partial charge in [0.2, 0.25) is 5.91 Å². The molecule has 1 saturated heterocycles. The Morgan fingerprint density at radius 3 is 3.10 bits per heavy atom. The summed E-state index contributed by atoms with van der Waals surface area (Å²) in [6.45, 7) is 3.01. The molecule has 0 spiro atoms. The molecule has 0 bridgehead atoms. The molecule has 1 aliphatic rings. The van der Waals surface area contributed by atoms with Crippen LogP contribution in [0.15, 0.2) is 29.8 Å². The van der Waals surface area contributed by atoms with Gasteiger partial charge < -0.3 is 10.6 Å². The predicted octanol–water partition coefficient (Wildman–Crippen LogP) is 2.53. The number of rotatable bonds is 3. The molecule has 2 N–H and O–H groups in total. The topological polar surface area (TPSA) is 66.9 Å². The van der Waals surface area contributed by atoms with Crippen LogP contribution in [0.1, 0.15) is 19.8 Å². The lowest BCUT2D eigenvalue weighted by Crippen LogP contribution is -2.40. The Morgan fingerprint density at radius 1 is 1.43 bits per heavy atom. The van der Waals surface area contributed by atoms with Crippen molar-refractivity contribution in [1.29, 1.82) is 0 Å². The van der Waals surface area contributed by atoms with E-state index in [0.717, 1.165) is 30.8 Å². The lowest BCUT2D eigenvalue weighted by atomic mass is 9.92. The number of pyridine rings is 1. The maximum absolute atomic E-state index is 12.3. The second kappa shape index (κ2) is 6.32. The van der Waals surface area contributed by atoms with Gasteiger partial charge in [-0.15, -0.1) is 11.3 Å². The summed E-state index contributed by atoms with van der Waals surface area (Å²) in [7, 11) is 0. The quantitative estimate of drug-likeness (QED) is 0.914. The molecule has 5 nitrogen and oxygen atoms in total. The molecule has 0 unspecified atom stereocenters. The zero-order valence-electron chi connectivity index (χ0n) is 11.9. The third kappa shape index (κ3) is 3.46. The summed E-state index contributed by atoms with van der Waals surface area (Å²) in [5.41, 5.74) is 1.62. The summed E-state index contributed by atoms with van der Waals surface area (Å²) in [5, 5.41) is 8.86. The van der Waals surface area contributed by atoms with Crippen LogP contribution in [-0.4, -0.2) is 28.5 Å². The smallest absolute Gasteiger partial charge is 0.229 e. The molecule has 2 aromatic rings. The Bertz CT molecular complexity index is 613. The van der Waals surface area contributed by atoms with Crippen LogP contribution in [0.4, 0.5) is 5.13 Å². The van der Waals surface area contributed by atoms with Gasteiger partial charge in [0.05, 0.1) is 5.69 Å². The van der Waals surface area contributed by atoms with Gasteiger partial charge in [0.1, 0.15) is 5.69 Å². The number of hydrogen-bond donors (Lipinski definition) is 2. The fraction of sp³-hybridized carbons (Fsp3) is 0.400. The van der Waals surface area contributed by atoms with Crippen molar-refractivity contribution in [2.45, 2.75) is 25.8 Å². The van der Waals surface area contributed by atoms with Crippen molar-refractivity contribution in [3.63, 3.8) is 0 Å². The molecule has 2 aromatic heterocycles. The second-order valence-corrected chi connectivity index (χ2v) is 6.18. The van der Waals surface area contributed by atoms with Gasteiger partial charge in [-0.05, 0) is 38.4 Å². The average Bonchev–Trinajstić information content (AvgIpc) is 2.97. The van der Waals surface area contributed by atoms with E-state index in [1.165, 1.54) is 11.3 Å². The Labute approximate surface area is 127 Å². The van der Waals surface area contributed by atoms with Crippen LogP contribution in [0.5, 0.6) is 0 Å². The van der Waals surface area contributed by atoms with Gasteiger partial charge in [-0.3, -0.25) is 9.78 Å². The number of carbonyl (C=O) groups is 1. The summed E-state index contributed by atoms with van der Waals surface area (Å²) in [5.74, 6) is 0.147. The molecule has 2 atom stereocenters. The number of hydrogen-bond acceptors (Lipinski definition) is 5. The summed E-state index contributed by atoms with van der Waals surface area (Å²) >= 11 is 1.44. The minimum absolute atomic E-state index is 0.0726. The maximum atomic E-state index is 12.3. The summed E-state index contributed by atoms with van der Waals surface area (Å²) in [6, 6.07) is 6.11. The zero-order valence-corrected chi connectivity index (χ0v) is 12.7. The largest absolute Gasteiger partial charge is 0.314 e. The van der Waals surface area contributed by atoms with Crippen molar-refractivity contribution < 1.29 is 4.79 Å². The highest BCUT2D eigenvalue weighted by Gasteiger charge is 2.25. The van der Waals surface area contributed by atoms with E-state index >= 15 is 0 Å². The molecule has 0 aliphatic carbocycles. The number of anilines is 1. The number of piperidine rings is 1. The third-order valence-electron chi connectivity index (χ3n) is 3.66. The van der Waals surface area contributed by atoms with E-state index in [4.69, 9.17) is 0 Å². The van der Waals surface area contributed by atoms with Crippen LogP contribution >= 0.6 is 11.3 Å². The summed E-state index contributed by atoms with van der Waals surface area (Å²) in [4.78, 5) is 21.0. The molecule has 110 valence electrons. The Balaban J connectivity index is 1.66. The molecule has 0 aromatic carbocycles. The minimum atomic E-state index is 0.0726. The second-order valence-electron chi connectivity index (χ2n) is 5.32. The normalized spacial score (nSPS) is 22.0. The van der Waals surface area contributed by atoms with Gasteiger partial charge in [-0.25, -0.2) is 4.98 Å². The van der Waals surface area contributed by atoms with Crippen molar-refractivity contribution in [3.8, 4) is 11.4 Å². The van der Waals surface area contributed by atoms with E-state index in [1.807, 2.05) is 23.6 Å². The van der Waals surface area contributed by atoms with Crippen molar-refractivity contribution in [3.05, 3.63) is 29.8 Å². The lowest BCUT2D eigenvalue weighted by molar-refractivity contribution is -0.120. The highest BCUT2D eigenvalue weighted by Crippen LogP contribution is 2.25. The van der Waals surface area contributed by atoms with Gasteiger partial charge >= 0.3 is 0 Å². The number of aromatic nitrogens is 2. The number of nitrogens with zero attached hydrogens (tertiary/aromatic N) is 2. The summed E-state index contributed by atoms with van der Waals surface area (Å²) < 4.78 is 0. The first-order chi connectivity index (χ1) is 10.2. The maximum Gasteiger partial charge on any atom is 0.229 e.